The minimum atomic E-state index is 0.753. The van der Waals surface area contributed by atoms with Crippen molar-refractivity contribution in [1.29, 1.82) is 0 Å². The third kappa shape index (κ3) is 1.24. The lowest BCUT2D eigenvalue weighted by molar-refractivity contribution is 1.19. The molecule has 0 saturated heterocycles. The molecule has 0 unspecified atom stereocenters. The summed E-state index contributed by atoms with van der Waals surface area (Å²) in [5, 5.41) is 3.31. The highest BCUT2D eigenvalue weighted by Gasteiger charge is 2.01. The molecule has 3 aromatic rings. The molecule has 0 amide bonds. The van der Waals surface area contributed by atoms with Gasteiger partial charge >= 0.3 is 0 Å². The maximum Gasteiger partial charge on any atom is 0.163 e. The van der Waals surface area contributed by atoms with Crippen LogP contribution < -0.4 is 0 Å². The van der Waals surface area contributed by atoms with Gasteiger partial charge < -0.3 is 0 Å². The lowest BCUT2D eigenvalue weighted by atomic mass is 10.1. The number of aryl methyl sites for hydroxylation is 1. The Hall–Kier alpha value is -2.03. The summed E-state index contributed by atoms with van der Waals surface area (Å²) < 4.78 is 0. The van der Waals surface area contributed by atoms with Crippen molar-refractivity contribution in [3.05, 3.63) is 42.5 Å². The molecule has 0 aliphatic carbocycles. The van der Waals surface area contributed by atoms with Crippen molar-refractivity contribution in [1.82, 2.24) is 15.0 Å². The summed E-state index contributed by atoms with van der Waals surface area (Å²) >= 11 is 0. The summed E-state index contributed by atoms with van der Waals surface area (Å²) in [4.78, 5) is 12.5. The van der Waals surface area contributed by atoms with E-state index in [4.69, 9.17) is 0 Å². The first-order chi connectivity index (χ1) is 7.34. The molecule has 3 nitrogen and oxygen atoms in total. The molecule has 2 aromatic heterocycles. The second-order valence-corrected chi connectivity index (χ2v) is 3.61. The summed E-state index contributed by atoms with van der Waals surface area (Å²) in [5.41, 5.74) is 1.99. The van der Waals surface area contributed by atoms with Crippen LogP contribution in [0.2, 0.25) is 0 Å². The van der Waals surface area contributed by atoms with E-state index in [-0.39, 0.29) is 0 Å². The van der Waals surface area contributed by atoms with Gasteiger partial charge in [-0.15, -0.1) is 0 Å². The van der Waals surface area contributed by atoms with E-state index >= 15 is 0 Å². The number of rotatable bonds is 0. The normalized spacial score (nSPS) is 11.0. The monoisotopic (exact) mass is 195 g/mol. The van der Waals surface area contributed by atoms with E-state index in [2.05, 4.69) is 40.1 Å². The third-order valence-electron chi connectivity index (χ3n) is 2.52. The Kier molecular flexibility index (Phi) is 1.65. The van der Waals surface area contributed by atoms with Crippen LogP contribution in [0, 0.1) is 6.92 Å². The molecular weight excluding hydrogens is 186 g/mol. The van der Waals surface area contributed by atoms with E-state index < -0.39 is 0 Å². The number of fused-ring (bicyclic) bond motifs is 3. The lowest BCUT2D eigenvalue weighted by Crippen LogP contribution is -1.87. The van der Waals surface area contributed by atoms with Crippen LogP contribution in [0.3, 0.4) is 0 Å². The van der Waals surface area contributed by atoms with Crippen molar-refractivity contribution in [3.63, 3.8) is 0 Å². The molecule has 0 aliphatic heterocycles. The Labute approximate surface area is 86.8 Å². The molecule has 0 atom stereocenters. The highest BCUT2D eigenvalue weighted by Crippen LogP contribution is 2.22. The van der Waals surface area contributed by atoms with Crippen LogP contribution in [0.5, 0.6) is 0 Å². The fourth-order valence-corrected chi connectivity index (χ4v) is 1.76. The van der Waals surface area contributed by atoms with Gasteiger partial charge in [-0.05, 0) is 12.3 Å². The molecular formula is C12H9N3. The Balaban J connectivity index is 2.57. The van der Waals surface area contributed by atoms with Crippen molar-refractivity contribution in [2.75, 3.05) is 0 Å². The van der Waals surface area contributed by atoms with E-state index in [1.807, 2.05) is 12.4 Å². The maximum absolute atomic E-state index is 4.29. The summed E-state index contributed by atoms with van der Waals surface area (Å²) in [6.45, 7) is 2.08. The maximum atomic E-state index is 4.29. The van der Waals surface area contributed by atoms with Gasteiger partial charge in [-0.2, -0.15) is 0 Å². The lowest BCUT2D eigenvalue weighted by Gasteiger charge is -2.02. The van der Waals surface area contributed by atoms with Gasteiger partial charge in [0.1, 0.15) is 6.33 Å². The van der Waals surface area contributed by atoms with E-state index in [1.54, 1.807) is 0 Å². The average Bonchev–Trinajstić information content (AvgIpc) is 2.29. The fraction of sp³-hybridized carbons (Fsp3) is 0.0833. The minimum absolute atomic E-state index is 0.753. The zero-order chi connectivity index (χ0) is 10.3. The molecule has 15 heavy (non-hydrogen) atoms. The van der Waals surface area contributed by atoms with Crippen LogP contribution >= 0.6 is 0 Å². The average molecular weight is 195 g/mol. The summed E-state index contributed by atoms with van der Waals surface area (Å²) in [7, 11) is 0. The molecule has 0 bridgehead atoms. The van der Waals surface area contributed by atoms with Crippen LogP contribution in [0.1, 0.15) is 5.56 Å². The van der Waals surface area contributed by atoms with Crippen LogP contribution in [0.15, 0.2) is 36.9 Å². The molecule has 72 valence electrons. The quantitative estimate of drug-likeness (QED) is 0.517. The number of nitrogens with zero attached hydrogens (tertiary/aromatic N) is 3. The molecule has 3 rings (SSSR count). The highest BCUT2D eigenvalue weighted by atomic mass is 14.9. The predicted octanol–water partition coefficient (Wildman–Crippen LogP) is 2.49. The Morgan fingerprint density at radius 2 is 1.93 bits per heavy atom. The Bertz CT molecular complexity index is 646. The number of benzene rings is 1. The van der Waals surface area contributed by atoms with E-state index in [0.29, 0.717) is 0 Å². The minimum Gasteiger partial charge on any atom is -0.244 e. The number of hydrogen-bond donors (Lipinski definition) is 0. The molecule has 0 spiro atoms. The summed E-state index contributed by atoms with van der Waals surface area (Å²) in [6, 6.07) is 6.30. The third-order valence-corrected chi connectivity index (χ3v) is 2.52. The van der Waals surface area contributed by atoms with Crippen LogP contribution in [0.4, 0.5) is 0 Å². The molecule has 1 aromatic carbocycles. The first-order valence-electron chi connectivity index (χ1n) is 4.80. The highest BCUT2D eigenvalue weighted by molar-refractivity contribution is 6.03. The van der Waals surface area contributed by atoms with E-state index in [0.717, 1.165) is 16.4 Å². The van der Waals surface area contributed by atoms with Crippen LogP contribution in [0.25, 0.3) is 21.8 Å². The molecule has 3 heteroatoms. The first-order valence-corrected chi connectivity index (χ1v) is 4.80. The van der Waals surface area contributed by atoms with Crippen molar-refractivity contribution < 1.29 is 0 Å². The number of hydrogen-bond acceptors (Lipinski definition) is 3. The van der Waals surface area contributed by atoms with Gasteiger partial charge in [-0.3, -0.25) is 0 Å². The van der Waals surface area contributed by atoms with Gasteiger partial charge in [0.05, 0.1) is 0 Å². The van der Waals surface area contributed by atoms with E-state index in [9.17, 15) is 0 Å². The van der Waals surface area contributed by atoms with Crippen molar-refractivity contribution in [3.8, 4) is 0 Å². The van der Waals surface area contributed by atoms with Crippen molar-refractivity contribution in [2.24, 2.45) is 0 Å². The van der Waals surface area contributed by atoms with Gasteiger partial charge in [0.2, 0.25) is 0 Å². The molecule has 2 heterocycles. The number of aromatic nitrogens is 3. The van der Waals surface area contributed by atoms with E-state index in [1.165, 1.54) is 17.3 Å². The zero-order valence-corrected chi connectivity index (χ0v) is 8.31. The molecule has 0 fully saturated rings. The Morgan fingerprint density at radius 3 is 2.87 bits per heavy atom. The summed E-state index contributed by atoms with van der Waals surface area (Å²) in [6.07, 6.45) is 5.19. The standard InChI is InChI=1S/C12H9N3/c1-8-2-3-9-5-14-12-11(10(9)4-8)6-13-7-15-12/h2-7H,1H3. The first kappa shape index (κ1) is 8.29. The van der Waals surface area contributed by atoms with Gasteiger partial charge in [0.15, 0.2) is 5.65 Å². The summed E-state index contributed by atoms with van der Waals surface area (Å²) in [5.74, 6) is 0. The van der Waals surface area contributed by atoms with Gasteiger partial charge in [-0.1, -0.05) is 23.8 Å². The smallest absolute Gasteiger partial charge is 0.163 e. The molecule has 0 aliphatic rings. The fourth-order valence-electron chi connectivity index (χ4n) is 1.76. The van der Waals surface area contributed by atoms with Crippen molar-refractivity contribution in [2.45, 2.75) is 6.92 Å². The molecule has 0 N–H and O–H groups in total. The molecule has 0 saturated carbocycles. The van der Waals surface area contributed by atoms with Gasteiger partial charge in [0.25, 0.3) is 0 Å². The number of pyridine rings is 1. The van der Waals surface area contributed by atoms with Gasteiger partial charge in [0, 0.05) is 23.2 Å². The van der Waals surface area contributed by atoms with Crippen LogP contribution in [-0.4, -0.2) is 15.0 Å². The van der Waals surface area contributed by atoms with Crippen molar-refractivity contribution >= 4 is 21.8 Å². The Morgan fingerprint density at radius 1 is 1.00 bits per heavy atom. The van der Waals surface area contributed by atoms with Gasteiger partial charge in [-0.25, -0.2) is 15.0 Å². The second-order valence-electron chi connectivity index (χ2n) is 3.61. The molecule has 0 radical (unpaired) electrons. The second kappa shape index (κ2) is 2.98. The SMILES string of the molecule is Cc1ccc2cnc3ncncc3c2c1. The largest absolute Gasteiger partial charge is 0.244 e. The predicted molar refractivity (Wildman–Crippen MR) is 59.6 cm³/mol. The topological polar surface area (TPSA) is 38.7 Å². The zero-order valence-electron chi connectivity index (χ0n) is 8.31. The van der Waals surface area contributed by atoms with Crippen LogP contribution in [-0.2, 0) is 0 Å².